The third kappa shape index (κ3) is 4.53. The maximum Gasteiger partial charge on any atom is 0.311 e. The third-order valence-electron chi connectivity index (χ3n) is 2.84. The van der Waals surface area contributed by atoms with Crippen LogP contribution in [-0.4, -0.2) is 24.3 Å². The van der Waals surface area contributed by atoms with Gasteiger partial charge in [0.05, 0.1) is 12.1 Å². The topological polar surface area (TPSA) is 72.5 Å². The van der Waals surface area contributed by atoms with Crippen molar-refractivity contribution in [3.8, 4) is 0 Å². The molecule has 0 radical (unpaired) electrons. The number of carbonyl (C=O) groups is 3. The second-order valence-electron chi connectivity index (χ2n) is 4.57. The predicted molar refractivity (Wildman–Crippen MR) is 84.1 cm³/mol. The lowest BCUT2D eigenvalue weighted by Crippen LogP contribution is -2.22. The minimum atomic E-state index is -0.478. The van der Waals surface area contributed by atoms with Crippen LogP contribution in [0.1, 0.15) is 22.2 Å². The van der Waals surface area contributed by atoms with E-state index in [0.29, 0.717) is 11.3 Å². The summed E-state index contributed by atoms with van der Waals surface area (Å²) in [7, 11) is 0. The van der Waals surface area contributed by atoms with Crippen molar-refractivity contribution in [1.82, 2.24) is 0 Å². The largest absolute Gasteiger partial charge is 0.455 e. The number of rotatable bonds is 6. The van der Waals surface area contributed by atoms with Crippen LogP contribution >= 0.6 is 11.3 Å². The molecule has 1 aromatic heterocycles. The van der Waals surface area contributed by atoms with E-state index in [4.69, 9.17) is 4.74 Å². The number of esters is 1. The van der Waals surface area contributed by atoms with Crippen LogP contribution in [0.15, 0.2) is 41.8 Å². The molecular weight excluding hydrogens is 302 g/mol. The Morgan fingerprint density at radius 2 is 1.91 bits per heavy atom. The highest BCUT2D eigenvalue weighted by Gasteiger charge is 2.12. The van der Waals surface area contributed by atoms with Crippen molar-refractivity contribution in [3.63, 3.8) is 0 Å². The second-order valence-corrected chi connectivity index (χ2v) is 5.60. The van der Waals surface area contributed by atoms with Gasteiger partial charge >= 0.3 is 5.97 Å². The molecule has 0 fully saturated rings. The molecule has 0 unspecified atom stereocenters. The fraction of sp³-hybridized carbons (Fsp3) is 0.188. The van der Waals surface area contributed by atoms with Gasteiger partial charge < -0.3 is 10.1 Å². The molecule has 1 aromatic carbocycles. The van der Waals surface area contributed by atoms with Crippen molar-refractivity contribution in [2.45, 2.75) is 13.3 Å². The lowest BCUT2D eigenvalue weighted by molar-refractivity contribution is -0.146. The fourth-order valence-electron chi connectivity index (χ4n) is 1.84. The molecule has 2 aromatic rings. The molecule has 0 atom stereocenters. The number of hydrogen-bond donors (Lipinski definition) is 1. The normalized spacial score (nSPS) is 10.0. The molecule has 6 heteroatoms. The smallest absolute Gasteiger partial charge is 0.311 e. The summed E-state index contributed by atoms with van der Waals surface area (Å²) in [5.74, 6) is -1.09. The van der Waals surface area contributed by atoms with Crippen LogP contribution < -0.4 is 5.32 Å². The number of nitrogens with one attached hydrogen (secondary N) is 1. The van der Waals surface area contributed by atoms with Crippen LogP contribution in [0.5, 0.6) is 0 Å². The molecule has 2 rings (SSSR count). The summed E-state index contributed by atoms with van der Waals surface area (Å²) in [6.07, 6.45) is 0.148. The molecule has 5 nitrogen and oxygen atoms in total. The van der Waals surface area contributed by atoms with E-state index in [2.05, 4.69) is 5.32 Å². The van der Waals surface area contributed by atoms with E-state index in [1.54, 1.807) is 24.3 Å². The number of carbonyl (C=O) groups excluding carboxylic acids is 3. The number of anilines is 1. The first-order valence-electron chi connectivity index (χ1n) is 6.64. The lowest BCUT2D eigenvalue weighted by Gasteiger charge is -2.09. The van der Waals surface area contributed by atoms with Crippen LogP contribution in [-0.2, 0) is 20.7 Å². The van der Waals surface area contributed by atoms with Gasteiger partial charge in [0.15, 0.2) is 12.4 Å². The molecule has 0 saturated heterocycles. The highest BCUT2D eigenvalue weighted by atomic mass is 32.1. The Balaban J connectivity index is 1.86. The van der Waals surface area contributed by atoms with Crippen molar-refractivity contribution < 1.29 is 19.1 Å². The summed E-state index contributed by atoms with van der Waals surface area (Å²) >= 11 is 1.45. The SMILES string of the molecule is CC(=O)c1ccccc1NC(=O)COC(=O)Cc1cccs1. The van der Waals surface area contributed by atoms with Gasteiger partial charge in [0.2, 0.25) is 0 Å². The van der Waals surface area contributed by atoms with Crippen LogP contribution in [0.2, 0.25) is 0 Å². The average Bonchev–Trinajstić information content (AvgIpc) is 2.98. The monoisotopic (exact) mass is 317 g/mol. The van der Waals surface area contributed by atoms with Crippen molar-refractivity contribution in [2.75, 3.05) is 11.9 Å². The number of para-hydroxylation sites is 1. The second kappa shape index (κ2) is 7.51. The average molecular weight is 317 g/mol. The number of thiophene rings is 1. The first kappa shape index (κ1) is 15.9. The Morgan fingerprint density at radius 1 is 1.14 bits per heavy atom. The molecule has 1 heterocycles. The van der Waals surface area contributed by atoms with Crippen LogP contribution in [0, 0.1) is 0 Å². The zero-order valence-corrected chi connectivity index (χ0v) is 12.8. The summed E-state index contributed by atoms with van der Waals surface area (Å²) < 4.78 is 4.92. The van der Waals surface area contributed by atoms with Gasteiger partial charge in [-0.2, -0.15) is 0 Å². The molecule has 1 N–H and O–H groups in total. The zero-order chi connectivity index (χ0) is 15.9. The van der Waals surface area contributed by atoms with Crippen molar-refractivity contribution in [1.29, 1.82) is 0 Å². The maximum atomic E-state index is 11.8. The summed E-state index contributed by atoms with van der Waals surface area (Å²) in [6, 6.07) is 10.4. The quantitative estimate of drug-likeness (QED) is 0.657. The number of benzene rings is 1. The Hall–Kier alpha value is -2.47. The Labute approximate surface area is 131 Å². The van der Waals surface area contributed by atoms with Crippen LogP contribution in [0.3, 0.4) is 0 Å². The molecule has 0 bridgehead atoms. The van der Waals surface area contributed by atoms with Gasteiger partial charge in [0, 0.05) is 10.4 Å². The Bertz CT molecular complexity index is 679. The van der Waals surface area contributed by atoms with Crippen LogP contribution in [0.4, 0.5) is 5.69 Å². The fourth-order valence-corrected chi connectivity index (χ4v) is 2.53. The molecule has 0 aliphatic rings. The van der Waals surface area contributed by atoms with E-state index in [9.17, 15) is 14.4 Å². The van der Waals surface area contributed by atoms with E-state index in [0.717, 1.165) is 4.88 Å². The summed E-state index contributed by atoms with van der Waals surface area (Å²) in [4.78, 5) is 35.7. The molecule has 0 spiro atoms. The molecule has 1 amide bonds. The molecule has 114 valence electrons. The van der Waals surface area contributed by atoms with Gasteiger partial charge in [0.25, 0.3) is 5.91 Å². The maximum absolute atomic E-state index is 11.8. The molecular formula is C16H15NO4S. The third-order valence-corrected chi connectivity index (χ3v) is 3.72. The standard InChI is InChI=1S/C16H15NO4S/c1-11(18)13-6-2-3-7-14(13)17-15(19)10-21-16(20)9-12-5-4-8-22-12/h2-8H,9-10H2,1H3,(H,17,19). The summed E-state index contributed by atoms with van der Waals surface area (Å²) in [6.45, 7) is 1.04. The first-order chi connectivity index (χ1) is 10.6. The van der Waals surface area contributed by atoms with Gasteiger partial charge in [0.1, 0.15) is 0 Å². The van der Waals surface area contributed by atoms with Crippen LogP contribution in [0.25, 0.3) is 0 Å². The van der Waals surface area contributed by atoms with Gasteiger partial charge in [-0.3, -0.25) is 14.4 Å². The highest BCUT2D eigenvalue weighted by molar-refractivity contribution is 7.10. The van der Waals surface area contributed by atoms with Gasteiger partial charge in [-0.1, -0.05) is 18.2 Å². The van der Waals surface area contributed by atoms with Gasteiger partial charge in [-0.05, 0) is 30.5 Å². The van der Waals surface area contributed by atoms with E-state index in [1.165, 1.54) is 18.3 Å². The van der Waals surface area contributed by atoms with E-state index >= 15 is 0 Å². The lowest BCUT2D eigenvalue weighted by atomic mass is 10.1. The predicted octanol–water partition coefficient (Wildman–Crippen LogP) is 2.68. The Kier molecular flexibility index (Phi) is 5.43. The highest BCUT2D eigenvalue weighted by Crippen LogP contribution is 2.15. The summed E-state index contributed by atoms with van der Waals surface area (Å²) in [5.41, 5.74) is 0.829. The minimum Gasteiger partial charge on any atom is -0.455 e. The van der Waals surface area contributed by atoms with E-state index < -0.39 is 11.9 Å². The van der Waals surface area contributed by atoms with Crippen molar-refractivity contribution in [3.05, 3.63) is 52.2 Å². The van der Waals surface area contributed by atoms with E-state index in [-0.39, 0.29) is 18.8 Å². The minimum absolute atomic E-state index is 0.148. The number of ether oxygens (including phenoxy) is 1. The van der Waals surface area contributed by atoms with E-state index in [1.807, 2.05) is 17.5 Å². The van der Waals surface area contributed by atoms with Crippen molar-refractivity contribution >= 4 is 34.7 Å². The number of ketones is 1. The van der Waals surface area contributed by atoms with Gasteiger partial charge in [-0.25, -0.2) is 0 Å². The van der Waals surface area contributed by atoms with Gasteiger partial charge in [-0.15, -0.1) is 11.3 Å². The van der Waals surface area contributed by atoms with Crippen molar-refractivity contribution in [2.24, 2.45) is 0 Å². The molecule has 0 saturated carbocycles. The summed E-state index contributed by atoms with van der Waals surface area (Å²) in [5, 5.41) is 4.44. The number of Topliss-reactive ketones (excluding diaryl/α,β-unsaturated/α-hetero) is 1. The first-order valence-corrected chi connectivity index (χ1v) is 7.52. The number of hydrogen-bond acceptors (Lipinski definition) is 5. The Morgan fingerprint density at radius 3 is 2.59 bits per heavy atom. The molecule has 0 aliphatic heterocycles. The number of amides is 1. The molecule has 0 aliphatic carbocycles. The molecule has 22 heavy (non-hydrogen) atoms. The zero-order valence-electron chi connectivity index (χ0n) is 12.0.